The van der Waals surface area contributed by atoms with Gasteiger partial charge in [-0.15, -0.1) is 0 Å². The second kappa shape index (κ2) is 5.75. The van der Waals surface area contributed by atoms with Gasteiger partial charge in [-0.1, -0.05) is 0 Å². The molecule has 2 amide bonds. The third-order valence-corrected chi connectivity index (χ3v) is 3.65. The van der Waals surface area contributed by atoms with E-state index in [0.29, 0.717) is 4.67 Å². The van der Waals surface area contributed by atoms with E-state index in [1.807, 2.05) is 0 Å². The van der Waals surface area contributed by atoms with Crippen molar-refractivity contribution in [1.29, 1.82) is 0 Å². The van der Waals surface area contributed by atoms with Crippen LogP contribution in [-0.2, 0) is 4.79 Å². The summed E-state index contributed by atoms with van der Waals surface area (Å²) in [7, 11) is 0. The van der Waals surface area contributed by atoms with E-state index in [4.69, 9.17) is 4.42 Å². The fraction of sp³-hybridized carbons (Fsp3) is 0.500. The van der Waals surface area contributed by atoms with Gasteiger partial charge in [0.05, 0.1) is 18.7 Å². The molecule has 1 aromatic rings. The van der Waals surface area contributed by atoms with Crippen LogP contribution in [0.1, 0.15) is 29.8 Å². The molecule has 0 bridgehead atoms. The number of carbonyl (C=O) groups is 2. The largest absolute Gasteiger partial charge is 0.444 e. The fourth-order valence-corrected chi connectivity index (χ4v) is 2.26. The molecule has 1 heterocycles. The quantitative estimate of drug-likeness (QED) is 0.744. The molecule has 0 radical (unpaired) electrons. The molecule has 1 saturated carbocycles. The highest BCUT2D eigenvalue weighted by molar-refractivity contribution is 9.10. The van der Waals surface area contributed by atoms with Crippen molar-refractivity contribution in [3.05, 3.63) is 22.6 Å². The molecule has 1 aromatic heterocycles. The van der Waals surface area contributed by atoms with Crippen LogP contribution in [0.2, 0.25) is 0 Å². The molecule has 6 nitrogen and oxygen atoms in total. The molecule has 2 rings (SSSR count). The lowest BCUT2D eigenvalue weighted by molar-refractivity contribution is -0.124. The van der Waals surface area contributed by atoms with Crippen LogP contribution >= 0.6 is 15.9 Å². The summed E-state index contributed by atoms with van der Waals surface area (Å²) in [4.78, 5) is 23.3. The van der Waals surface area contributed by atoms with E-state index in [-0.39, 0.29) is 24.8 Å². The summed E-state index contributed by atoms with van der Waals surface area (Å²) in [5.74, 6) is -0.625. The first-order valence-corrected chi connectivity index (χ1v) is 6.79. The monoisotopic (exact) mass is 330 g/mol. The minimum absolute atomic E-state index is 0.0716. The fourth-order valence-electron chi connectivity index (χ4n) is 1.95. The Kier molecular flexibility index (Phi) is 4.26. The van der Waals surface area contributed by atoms with E-state index < -0.39 is 11.4 Å². The van der Waals surface area contributed by atoms with Crippen molar-refractivity contribution < 1.29 is 19.1 Å². The Morgan fingerprint density at radius 2 is 2.16 bits per heavy atom. The van der Waals surface area contributed by atoms with Gasteiger partial charge in [-0.2, -0.15) is 0 Å². The van der Waals surface area contributed by atoms with Crippen molar-refractivity contribution in [1.82, 2.24) is 10.6 Å². The van der Waals surface area contributed by atoms with Crippen LogP contribution in [0.3, 0.4) is 0 Å². The van der Waals surface area contributed by atoms with Gasteiger partial charge in [0.2, 0.25) is 5.91 Å². The SMILES string of the molecule is O=C(CNC(=O)c1ccc(Br)o1)NC1(CO)CCC1. The summed E-state index contributed by atoms with van der Waals surface area (Å²) in [6.07, 6.45) is 2.54. The third-order valence-electron chi connectivity index (χ3n) is 3.22. The minimum atomic E-state index is -0.491. The highest BCUT2D eigenvalue weighted by Gasteiger charge is 2.37. The summed E-state index contributed by atoms with van der Waals surface area (Å²) < 4.78 is 5.52. The maximum atomic E-state index is 11.7. The summed E-state index contributed by atoms with van der Waals surface area (Å²) >= 11 is 3.09. The molecular weight excluding hydrogens is 316 g/mol. The lowest BCUT2D eigenvalue weighted by atomic mass is 9.77. The van der Waals surface area contributed by atoms with Crippen LogP contribution in [-0.4, -0.2) is 35.6 Å². The Morgan fingerprint density at radius 1 is 1.42 bits per heavy atom. The van der Waals surface area contributed by atoms with Crippen molar-refractivity contribution >= 4 is 27.7 Å². The van der Waals surface area contributed by atoms with Crippen molar-refractivity contribution in [3.8, 4) is 0 Å². The number of halogens is 1. The van der Waals surface area contributed by atoms with E-state index >= 15 is 0 Å². The number of hydrogen-bond donors (Lipinski definition) is 3. The number of nitrogens with one attached hydrogen (secondary N) is 2. The first kappa shape index (κ1) is 14.1. The lowest BCUT2D eigenvalue weighted by Crippen LogP contribution is -2.57. The molecule has 19 heavy (non-hydrogen) atoms. The summed E-state index contributed by atoms with van der Waals surface area (Å²) in [6, 6.07) is 3.11. The maximum Gasteiger partial charge on any atom is 0.287 e. The molecule has 3 N–H and O–H groups in total. The number of carbonyl (C=O) groups excluding carboxylic acids is 2. The molecule has 0 spiro atoms. The number of aliphatic hydroxyl groups excluding tert-OH is 1. The van der Waals surface area contributed by atoms with Gasteiger partial charge in [-0.25, -0.2) is 0 Å². The topological polar surface area (TPSA) is 91.6 Å². The van der Waals surface area contributed by atoms with Gasteiger partial charge >= 0.3 is 0 Å². The van der Waals surface area contributed by atoms with Gasteiger partial charge in [0, 0.05) is 0 Å². The lowest BCUT2D eigenvalue weighted by Gasteiger charge is -2.40. The molecule has 7 heteroatoms. The molecule has 1 fully saturated rings. The molecular formula is C12H15BrN2O4. The Morgan fingerprint density at radius 3 is 2.63 bits per heavy atom. The van der Waals surface area contributed by atoms with Crippen molar-refractivity contribution in [2.45, 2.75) is 24.8 Å². The van der Waals surface area contributed by atoms with Crippen LogP contribution in [0.4, 0.5) is 0 Å². The molecule has 0 unspecified atom stereocenters. The Bertz CT molecular complexity index is 476. The Balaban J connectivity index is 1.79. The second-order valence-electron chi connectivity index (χ2n) is 4.63. The zero-order valence-corrected chi connectivity index (χ0v) is 11.8. The molecule has 0 aromatic carbocycles. The van der Waals surface area contributed by atoms with Crippen LogP contribution < -0.4 is 10.6 Å². The normalized spacial score (nSPS) is 16.5. The van der Waals surface area contributed by atoms with Crippen LogP contribution in [0.25, 0.3) is 0 Å². The molecule has 0 atom stereocenters. The second-order valence-corrected chi connectivity index (χ2v) is 5.41. The van der Waals surface area contributed by atoms with Crippen LogP contribution in [0, 0.1) is 0 Å². The van der Waals surface area contributed by atoms with Gasteiger partial charge < -0.3 is 20.2 Å². The summed E-state index contributed by atoms with van der Waals surface area (Å²) in [5.41, 5.74) is -0.491. The van der Waals surface area contributed by atoms with E-state index in [0.717, 1.165) is 19.3 Å². The molecule has 1 aliphatic carbocycles. The van der Waals surface area contributed by atoms with Crippen LogP contribution in [0.5, 0.6) is 0 Å². The van der Waals surface area contributed by atoms with E-state index in [9.17, 15) is 14.7 Å². The van der Waals surface area contributed by atoms with Crippen molar-refractivity contribution in [3.63, 3.8) is 0 Å². The van der Waals surface area contributed by atoms with E-state index in [2.05, 4.69) is 26.6 Å². The smallest absolute Gasteiger partial charge is 0.287 e. The highest BCUT2D eigenvalue weighted by Crippen LogP contribution is 2.30. The number of amides is 2. The van der Waals surface area contributed by atoms with Crippen LogP contribution in [0.15, 0.2) is 21.2 Å². The van der Waals surface area contributed by atoms with Crippen molar-refractivity contribution in [2.24, 2.45) is 0 Å². The number of hydrogen-bond acceptors (Lipinski definition) is 4. The Hall–Kier alpha value is -1.34. The highest BCUT2D eigenvalue weighted by atomic mass is 79.9. The number of rotatable bonds is 5. The zero-order chi connectivity index (χ0) is 13.9. The standard InChI is InChI=1S/C12H15BrN2O4/c13-9-3-2-8(19-9)11(18)14-6-10(17)15-12(7-16)4-1-5-12/h2-3,16H,1,4-7H2,(H,14,18)(H,15,17). The zero-order valence-electron chi connectivity index (χ0n) is 10.2. The number of aliphatic hydroxyl groups is 1. The predicted molar refractivity (Wildman–Crippen MR) is 70.6 cm³/mol. The predicted octanol–water partition coefficient (Wildman–Crippen LogP) is 0.803. The third kappa shape index (κ3) is 3.36. The van der Waals surface area contributed by atoms with Gasteiger partial charge in [0.15, 0.2) is 10.4 Å². The molecule has 0 saturated heterocycles. The molecule has 104 valence electrons. The number of furan rings is 1. The Labute approximate surface area is 118 Å². The van der Waals surface area contributed by atoms with Gasteiger partial charge in [0.25, 0.3) is 5.91 Å². The van der Waals surface area contributed by atoms with E-state index in [1.54, 1.807) is 6.07 Å². The average Bonchev–Trinajstić information content (AvgIpc) is 2.77. The van der Waals surface area contributed by atoms with Gasteiger partial charge in [0.1, 0.15) is 0 Å². The first-order chi connectivity index (χ1) is 9.04. The average molecular weight is 331 g/mol. The summed E-state index contributed by atoms with van der Waals surface area (Å²) in [5, 5.41) is 14.4. The van der Waals surface area contributed by atoms with Gasteiger partial charge in [-0.3, -0.25) is 9.59 Å². The maximum absolute atomic E-state index is 11.7. The van der Waals surface area contributed by atoms with Crippen molar-refractivity contribution in [2.75, 3.05) is 13.2 Å². The van der Waals surface area contributed by atoms with Gasteiger partial charge in [-0.05, 0) is 47.3 Å². The summed E-state index contributed by atoms with van der Waals surface area (Å²) in [6.45, 7) is -0.212. The first-order valence-electron chi connectivity index (χ1n) is 6.00. The molecule has 1 aliphatic rings. The minimum Gasteiger partial charge on any atom is -0.444 e. The van der Waals surface area contributed by atoms with E-state index in [1.165, 1.54) is 6.07 Å². The molecule has 0 aliphatic heterocycles.